The van der Waals surface area contributed by atoms with Crippen LogP contribution >= 0.6 is 11.3 Å². The number of hydrogen-bond donors (Lipinski definition) is 2. The van der Waals surface area contributed by atoms with E-state index in [1.807, 2.05) is 11.3 Å². The lowest BCUT2D eigenvalue weighted by molar-refractivity contribution is -0.142. The van der Waals surface area contributed by atoms with Crippen molar-refractivity contribution in [1.29, 1.82) is 0 Å². The fourth-order valence-corrected chi connectivity index (χ4v) is 5.89. The molecule has 3 aromatic rings. The number of carbonyl (C=O) groups is 1. The van der Waals surface area contributed by atoms with Crippen LogP contribution < -0.4 is 10.2 Å². The highest BCUT2D eigenvalue weighted by Crippen LogP contribution is 2.40. The molecule has 1 saturated heterocycles. The van der Waals surface area contributed by atoms with Crippen LogP contribution in [-0.4, -0.2) is 34.1 Å². The minimum Gasteiger partial charge on any atom is -0.481 e. The van der Waals surface area contributed by atoms with E-state index in [-0.39, 0.29) is 5.92 Å². The maximum absolute atomic E-state index is 11.3. The third-order valence-electron chi connectivity index (χ3n) is 6.51. The van der Waals surface area contributed by atoms with Gasteiger partial charge < -0.3 is 15.3 Å². The van der Waals surface area contributed by atoms with Gasteiger partial charge in [-0.25, -0.2) is 4.98 Å². The molecule has 162 valence electrons. The third-order valence-corrected chi connectivity index (χ3v) is 7.70. The van der Waals surface area contributed by atoms with E-state index in [1.54, 1.807) is 0 Å². The Morgan fingerprint density at radius 2 is 1.90 bits per heavy atom. The van der Waals surface area contributed by atoms with Crippen molar-refractivity contribution in [1.82, 2.24) is 9.97 Å². The van der Waals surface area contributed by atoms with Gasteiger partial charge in [0.05, 0.1) is 11.3 Å². The van der Waals surface area contributed by atoms with Crippen LogP contribution in [0.25, 0.3) is 10.2 Å². The highest BCUT2D eigenvalue weighted by molar-refractivity contribution is 7.19. The number of aryl methyl sites for hydroxylation is 3. The Bertz CT molecular complexity index is 1100. The molecule has 0 spiro atoms. The van der Waals surface area contributed by atoms with E-state index in [0.717, 1.165) is 36.0 Å². The number of rotatable bonds is 5. The molecule has 0 atom stereocenters. The summed E-state index contributed by atoms with van der Waals surface area (Å²) in [4.78, 5) is 25.9. The third kappa shape index (κ3) is 4.11. The van der Waals surface area contributed by atoms with Crippen molar-refractivity contribution in [3.8, 4) is 0 Å². The number of carboxylic acid groups (broad SMARTS) is 1. The number of fused-ring (bicyclic) bond motifs is 3. The summed E-state index contributed by atoms with van der Waals surface area (Å²) in [5, 5.41) is 14.1. The molecule has 0 saturated carbocycles. The molecule has 6 nitrogen and oxygen atoms in total. The number of aliphatic carboxylic acids is 1. The number of thiophene rings is 1. The predicted octanol–water partition coefficient (Wildman–Crippen LogP) is 4.79. The van der Waals surface area contributed by atoms with Crippen molar-refractivity contribution >= 4 is 39.3 Å². The minimum atomic E-state index is -0.692. The molecule has 0 unspecified atom stereocenters. The number of hydrogen-bond acceptors (Lipinski definition) is 6. The van der Waals surface area contributed by atoms with Crippen LogP contribution in [0.5, 0.6) is 0 Å². The average Bonchev–Trinajstić information content (AvgIpc) is 3.17. The topological polar surface area (TPSA) is 78.4 Å². The van der Waals surface area contributed by atoms with Crippen LogP contribution in [0.15, 0.2) is 24.3 Å². The summed E-state index contributed by atoms with van der Waals surface area (Å²) in [5.41, 5.74) is 3.91. The molecule has 3 heterocycles. The molecule has 1 aliphatic carbocycles. The molecule has 5 rings (SSSR count). The molecule has 2 aliphatic rings. The van der Waals surface area contributed by atoms with Crippen LogP contribution in [-0.2, 0) is 24.2 Å². The molecule has 0 amide bonds. The molecule has 0 radical (unpaired) electrons. The molecule has 31 heavy (non-hydrogen) atoms. The summed E-state index contributed by atoms with van der Waals surface area (Å²) in [6, 6.07) is 8.58. The van der Waals surface area contributed by atoms with Gasteiger partial charge in [0.2, 0.25) is 5.95 Å². The second-order valence-corrected chi connectivity index (χ2v) is 9.79. The molecule has 2 N–H and O–H groups in total. The standard InChI is InChI=1S/C24H28N4O2S/c1-15-6-8-16(9-7-15)14-25-21-20-18-4-2-3-5-19(18)31-22(20)27-24(26-21)28-12-10-17(11-13-28)23(29)30/h6-9,17H,2-5,10-14H2,1H3,(H,29,30)(H,25,26,27). The molecule has 1 aliphatic heterocycles. The Morgan fingerprint density at radius 3 is 2.65 bits per heavy atom. The summed E-state index contributed by atoms with van der Waals surface area (Å²) in [6.07, 6.45) is 5.98. The zero-order valence-electron chi connectivity index (χ0n) is 17.9. The lowest BCUT2D eigenvalue weighted by Gasteiger charge is -2.30. The summed E-state index contributed by atoms with van der Waals surface area (Å²) < 4.78 is 0. The number of nitrogens with zero attached hydrogens (tertiary/aromatic N) is 3. The van der Waals surface area contributed by atoms with E-state index in [9.17, 15) is 9.90 Å². The maximum Gasteiger partial charge on any atom is 0.306 e. The Kier molecular flexibility index (Phi) is 5.52. The second-order valence-electron chi connectivity index (χ2n) is 8.70. The van der Waals surface area contributed by atoms with Crippen molar-refractivity contribution in [2.45, 2.75) is 52.0 Å². The lowest BCUT2D eigenvalue weighted by Crippen LogP contribution is -2.37. The van der Waals surface area contributed by atoms with Crippen LogP contribution in [0, 0.1) is 12.8 Å². The van der Waals surface area contributed by atoms with Gasteiger partial charge in [0.1, 0.15) is 10.6 Å². The van der Waals surface area contributed by atoms with Crippen molar-refractivity contribution < 1.29 is 9.90 Å². The van der Waals surface area contributed by atoms with E-state index in [0.29, 0.717) is 25.9 Å². The first kappa shape index (κ1) is 20.2. The van der Waals surface area contributed by atoms with Crippen LogP contribution in [0.3, 0.4) is 0 Å². The summed E-state index contributed by atoms with van der Waals surface area (Å²) in [7, 11) is 0. The molecular formula is C24H28N4O2S. The highest BCUT2D eigenvalue weighted by Gasteiger charge is 2.27. The van der Waals surface area contributed by atoms with E-state index in [2.05, 4.69) is 41.4 Å². The zero-order chi connectivity index (χ0) is 21.4. The summed E-state index contributed by atoms with van der Waals surface area (Å²) in [5.74, 6) is 0.692. The molecule has 7 heteroatoms. The van der Waals surface area contributed by atoms with Crippen LogP contribution in [0.4, 0.5) is 11.8 Å². The van der Waals surface area contributed by atoms with Gasteiger partial charge in [-0.15, -0.1) is 11.3 Å². The number of anilines is 2. The first-order valence-corrected chi connectivity index (χ1v) is 12.0. The predicted molar refractivity (Wildman–Crippen MR) is 125 cm³/mol. The van der Waals surface area contributed by atoms with Crippen molar-refractivity contribution in [3.05, 3.63) is 45.8 Å². The van der Waals surface area contributed by atoms with Gasteiger partial charge in [0.25, 0.3) is 0 Å². The van der Waals surface area contributed by atoms with Crippen molar-refractivity contribution in [3.63, 3.8) is 0 Å². The van der Waals surface area contributed by atoms with Gasteiger partial charge in [-0.1, -0.05) is 29.8 Å². The number of aromatic nitrogens is 2. The number of benzene rings is 1. The largest absolute Gasteiger partial charge is 0.481 e. The summed E-state index contributed by atoms with van der Waals surface area (Å²) in [6.45, 7) is 4.19. The van der Waals surface area contributed by atoms with E-state index in [1.165, 1.54) is 39.8 Å². The molecule has 0 bridgehead atoms. The fourth-order valence-electron chi connectivity index (χ4n) is 4.63. The van der Waals surface area contributed by atoms with Gasteiger partial charge in [-0.3, -0.25) is 4.79 Å². The van der Waals surface area contributed by atoms with Gasteiger partial charge in [-0.2, -0.15) is 4.98 Å². The maximum atomic E-state index is 11.3. The first-order valence-electron chi connectivity index (χ1n) is 11.2. The Morgan fingerprint density at radius 1 is 1.16 bits per heavy atom. The van der Waals surface area contributed by atoms with E-state index < -0.39 is 5.97 Å². The monoisotopic (exact) mass is 436 g/mol. The average molecular weight is 437 g/mol. The van der Waals surface area contributed by atoms with Crippen molar-refractivity contribution in [2.75, 3.05) is 23.3 Å². The number of piperidine rings is 1. The van der Waals surface area contributed by atoms with Gasteiger partial charge in [-0.05, 0) is 56.6 Å². The van der Waals surface area contributed by atoms with Crippen molar-refractivity contribution in [2.24, 2.45) is 5.92 Å². The number of carboxylic acids is 1. The second kappa shape index (κ2) is 8.46. The SMILES string of the molecule is Cc1ccc(CNc2nc(N3CCC(C(=O)O)CC3)nc3sc4c(c23)CCCC4)cc1. The van der Waals surface area contributed by atoms with Crippen LogP contribution in [0.1, 0.15) is 47.3 Å². The van der Waals surface area contributed by atoms with E-state index >= 15 is 0 Å². The smallest absolute Gasteiger partial charge is 0.306 e. The minimum absolute atomic E-state index is 0.256. The van der Waals surface area contributed by atoms with E-state index in [4.69, 9.17) is 9.97 Å². The molecule has 2 aromatic heterocycles. The summed E-state index contributed by atoms with van der Waals surface area (Å²) >= 11 is 1.81. The number of nitrogens with one attached hydrogen (secondary N) is 1. The Labute approximate surface area is 186 Å². The first-order chi connectivity index (χ1) is 15.1. The normalized spacial score (nSPS) is 17.0. The molecule has 1 fully saturated rings. The van der Waals surface area contributed by atoms with Gasteiger partial charge in [0, 0.05) is 24.5 Å². The fraction of sp³-hybridized carbons (Fsp3) is 0.458. The Balaban J connectivity index is 1.48. The molecule has 1 aromatic carbocycles. The highest BCUT2D eigenvalue weighted by atomic mass is 32.1. The van der Waals surface area contributed by atoms with Gasteiger partial charge >= 0.3 is 5.97 Å². The van der Waals surface area contributed by atoms with Crippen LogP contribution in [0.2, 0.25) is 0 Å². The zero-order valence-corrected chi connectivity index (χ0v) is 18.7. The molecular weight excluding hydrogens is 408 g/mol. The quantitative estimate of drug-likeness (QED) is 0.599. The Hall–Kier alpha value is -2.67. The van der Waals surface area contributed by atoms with Gasteiger partial charge in [0.15, 0.2) is 0 Å². The lowest BCUT2D eigenvalue weighted by atomic mass is 9.97.